The number of aliphatic hydroxyl groups excluding tert-OH is 1. The molecular formula is C21H38N6O. The molecule has 0 aliphatic heterocycles. The first kappa shape index (κ1) is 25.3. The van der Waals surface area contributed by atoms with Gasteiger partial charge >= 0.3 is 0 Å². The Hall–Kier alpha value is -2.67. The van der Waals surface area contributed by atoms with Crippen LogP contribution >= 0.6 is 0 Å². The van der Waals surface area contributed by atoms with E-state index in [0.717, 1.165) is 30.1 Å². The molecule has 0 aromatic carbocycles. The fraction of sp³-hybridized carbons (Fsp3) is 0.476. The fourth-order valence-electron chi connectivity index (χ4n) is 2.21. The van der Waals surface area contributed by atoms with E-state index in [2.05, 4.69) is 22.1 Å². The summed E-state index contributed by atoms with van der Waals surface area (Å²) >= 11 is 0. The lowest BCUT2D eigenvalue weighted by Crippen LogP contribution is -2.39. The topological polar surface area (TPSA) is 103 Å². The van der Waals surface area contributed by atoms with E-state index in [9.17, 15) is 0 Å². The van der Waals surface area contributed by atoms with Crippen molar-refractivity contribution in [2.24, 2.45) is 16.5 Å². The number of hydrogen-bond acceptors (Lipinski definition) is 5. The Morgan fingerprint density at radius 2 is 1.79 bits per heavy atom. The lowest BCUT2D eigenvalue weighted by Gasteiger charge is -2.26. The van der Waals surface area contributed by atoms with Crippen molar-refractivity contribution in [2.75, 3.05) is 40.3 Å². The smallest absolute Gasteiger partial charge is 0.195 e. The van der Waals surface area contributed by atoms with E-state index < -0.39 is 0 Å². The molecule has 0 aliphatic rings. The van der Waals surface area contributed by atoms with Gasteiger partial charge in [-0.1, -0.05) is 24.3 Å². The van der Waals surface area contributed by atoms with E-state index in [4.69, 9.17) is 16.6 Å². The molecule has 0 saturated carbocycles. The van der Waals surface area contributed by atoms with Gasteiger partial charge in [0.25, 0.3) is 0 Å². The van der Waals surface area contributed by atoms with Gasteiger partial charge in [-0.3, -0.25) is 0 Å². The third-order valence-electron chi connectivity index (χ3n) is 4.14. The molecule has 0 fully saturated rings. The Kier molecular flexibility index (Phi) is 13.9. The number of allylic oxidation sites excluding steroid dienone is 4. The minimum Gasteiger partial charge on any atom is -0.404 e. The van der Waals surface area contributed by atoms with Gasteiger partial charge in [0.15, 0.2) is 5.96 Å². The van der Waals surface area contributed by atoms with Crippen LogP contribution in [0.1, 0.15) is 27.2 Å². The van der Waals surface area contributed by atoms with Gasteiger partial charge in [0.1, 0.15) is 0 Å². The summed E-state index contributed by atoms with van der Waals surface area (Å²) in [7, 11) is 3.96. The predicted molar refractivity (Wildman–Crippen MR) is 120 cm³/mol. The summed E-state index contributed by atoms with van der Waals surface area (Å²) in [5.74, 6) is 0.485. The van der Waals surface area contributed by atoms with Crippen LogP contribution in [0.3, 0.4) is 0 Å². The molecule has 0 aliphatic carbocycles. The zero-order valence-corrected chi connectivity index (χ0v) is 18.0. The minimum absolute atomic E-state index is 0.126. The maximum Gasteiger partial charge on any atom is 0.195 e. The Morgan fingerprint density at radius 3 is 2.36 bits per heavy atom. The number of hydrogen-bond donors (Lipinski definition) is 4. The van der Waals surface area contributed by atoms with Gasteiger partial charge in [0.05, 0.1) is 5.70 Å². The van der Waals surface area contributed by atoms with Gasteiger partial charge in [0.2, 0.25) is 0 Å². The number of likely N-dealkylation sites (N-methyl/N-ethyl adjacent to an activating group) is 2. The zero-order chi connectivity index (χ0) is 21.4. The SMILES string of the molecule is C/C=C\N=C(N)N(C)CCN(C)/C(C)=C(/C=C\CCO)NCC(/C=C\C)=C/N. The molecule has 7 nitrogen and oxygen atoms in total. The van der Waals surface area contributed by atoms with Gasteiger partial charge in [-0.05, 0) is 45.0 Å². The molecule has 158 valence electrons. The number of aliphatic imine (C=N–C) groups is 1. The highest BCUT2D eigenvalue weighted by Gasteiger charge is 2.08. The van der Waals surface area contributed by atoms with Crippen molar-refractivity contribution in [3.05, 3.63) is 59.7 Å². The highest BCUT2D eigenvalue weighted by Crippen LogP contribution is 2.09. The van der Waals surface area contributed by atoms with Gasteiger partial charge in [-0.15, -0.1) is 0 Å². The number of nitrogens with zero attached hydrogens (tertiary/aromatic N) is 3. The molecule has 0 aromatic heterocycles. The molecular weight excluding hydrogens is 352 g/mol. The number of aliphatic hydroxyl groups is 1. The monoisotopic (exact) mass is 390 g/mol. The molecule has 0 amide bonds. The number of nitrogens with one attached hydrogen (secondary N) is 1. The third kappa shape index (κ3) is 10.5. The summed E-state index contributed by atoms with van der Waals surface area (Å²) in [4.78, 5) is 8.24. The summed E-state index contributed by atoms with van der Waals surface area (Å²) in [5.41, 5.74) is 14.7. The molecule has 0 aromatic rings. The van der Waals surface area contributed by atoms with E-state index in [-0.39, 0.29) is 6.61 Å². The maximum absolute atomic E-state index is 9.05. The van der Waals surface area contributed by atoms with Gasteiger partial charge in [-0.2, -0.15) is 0 Å². The van der Waals surface area contributed by atoms with Crippen LogP contribution in [0.4, 0.5) is 0 Å². The summed E-state index contributed by atoms with van der Waals surface area (Å²) < 4.78 is 0. The first-order valence-corrected chi connectivity index (χ1v) is 9.53. The van der Waals surface area contributed by atoms with Crippen LogP contribution < -0.4 is 16.8 Å². The first-order valence-electron chi connectivity index (χ1n) is 9.53. The van der Waals surface area contributed by atoms with E-state index in [0.29, 0.717) is 18.9 Å². The zero-order valence-electron chi connectivity index (χ0n) is 18.0. The van der Waals surface area contributed by atoms with Crippen molar-refractivity contribution in [1.82, 2.24) is 15.1 Å². The van der Waals surface area contributed by atoms with Crippen molar-refractivity contribution in [3.63, 3.8) is 0 Å². The Bertz CT molecular complexity index is 616. The van der Waals surface area contributed by atoms with Gasteiger partial charge in [0, 0.05) is 52.2 Å². The van der Waals surface area contributed by atoms with Crippen molar-refractivity contribution < 1.29 is 5.11 Å². The maximum atomic E-state index is 9.05. The third-order valence-corrected chi connectivity index (χ3v) is 4.14. The lowest BCUT2D eigenvalue weighted by molar-refractivity contribution is 0.302. The molecule has 7 heteroatoms. The van der Waals surface area contributed by atoms with E-state index in [1.165, 1.54) is 0 Å². The number of guanidine groups is 1. The minimum atomic E-state index is 0.126. The molecule has 0 unspecified atom stereocenters. The molecule has 0 rings (SSSR count). The van der Waals surface area contributed by atoms with Gasteiger partial charge < -0.3 is 31.7 Å². The second-order valence-corrected chi connectivity index (χ2v) is 6.32. The second kappa shape index (κ2) is 15.4. The molecule has 0 radical (unpaired) electrons. The van der Waals surface area contributed by atoms with E-state index in [1.807, 2.05) is 63.2 Å². The second-order valence-electron chi connectivity index (χ2n) is 6.32. The summed E-state index contributed by atoms with van der Waals surface area (Å²) in [5, 5.41) is 12.5. The quantitative estimate of drug-likeness (QED) is 0.230. The van der Waals surface area contributed by atoms with Crippen LogP contribution in [0, 0.1) is 0 Å². The normalized spacial score (nSPS) is 14.2. The standard InChI is InChI=1S/C21H38N6O/c1-6-10-19(16-22)17-25-20(11-8-9-15-28)18(3)26(4)13-14-27(5)21(23)24-12-7-2/h6-8,10-12,16,25,28H,9,13-15,17,22H2,1-5H3,(H2,23,24)/b10-6-,11-8-,12-7-,19-16+,20-18-. The molecule has 0 saturated heterocycles. The predicted octanol–water partition coefficient (Wildman–Crippen LogP) is 1.88. The van der Waals surface area contributed by atoms with Crippen molar-refractivity contribution in [3.8, 4) is 0 Å². The highest BCUT2D eigenvalue weighted by atomic mass is 16.2. The summed E-state index contributed by atoms with van der Waals surface area (Å²) in [6, 6.07) is 0. The number of nitrogens with two attached hydrogens (primary N) is 2. The fourth-order valence-corrected chi connectivity index (χ4v) is 2.21. The Morgan fingerprint density at radius 1 is 1.11 bits per heavy atom. The van der Waals surface area contributed by atoms with Gasteiger partial charge in [-0.25, -0.2) is 4.99 Å². The molecule has 0 heterocycles. The highest BCUT2D eigenvalue weighted by molar-refractivity contribution is 5.78. The Labute approximate surface area is 170 Å². The van der Waals surface area contributed by atoms with Crippen LogP contribution in [-0.2, 0) is 0 Å². The van der Waals surface area contributed by atoms with Crippen LogP contribution in [0.15, 0.2) is 64.7 Å². The molecule has 0 bridgehead atoms. The molecule has 0 atom stereocenters. The van der Waals surface area contributed by atoms with Crippen LogP contribution in [0.25, 0.3) is 0 Å². The van der Waals surface area contributed by atoms with Crippen LogP contribution in [0.5, 0.6) is 0 Å². The largest absolute Gasteiger partial charge is 0.404 e. The molecule has 0 spiro atoms. The average molecular weight is 391 g/mol. The van der Waals surface area contributed by atoms with Crippen molar-refractivity contribution in [2.45, 2.75) is 27.2 Å². The van der Waals surface area contributed by atoms with Crippen LogP contribution in [0.2, 0.25) is 0 Å². The average Bonchev–Trinajstić information content (AvgIpc) is 2.70. The summed E-state index contributed by atoms with van der Waals surface area (Å²) in [6.07, 6.45) is 13.6. The number of rotatable bonds is 12. The Balaban J connectivity index is 5.17. The first-order chi connectivity index (χ1) is 13.4. The lowest BCUT2D eigenvalue weighted by atomic mass is 10.2. The molecule has 28 heavy (non-hydrogen) atoms. The van der Waals surface area contributed by atoms with E-state index in [1.54, 1.807) is 12.4 Å². The van der Waals surface area contributed by atoms with Crippen molar-refractivity contribution >= 4 is 5.96 Å². The van der Waals surface area contributed by atoms with Crippen LogP contribution in [-0.4, -0.2) is 61.2 Å². The van der Waals surface area contributed by atoms with E-state index >= 15 is 0 Å². The molecule has 6 N–H and O–H groups in total. The van der Waals surface area contributed by atoms with Crippen molar-refractivity contribution in [1.29, 1.82) is 0 Å². The summed E-state index contributed by atoms with van der Waals surface area (Å²) in [6.45, 7) is 8.18.